The zero-order valence-electron chi connectivity index (χ0n) is 7.72. The highest BCUT2D eigenvalue weighted by Crippen LogP contribution is 2.19. The van der Waals surface area contributed by atoms with E-state index < -0.39 is 10.0 Å². The van der Waals surface area contributed by atoms with Gasteiger partial charge in [-0.25, -0.2) is 13.1 Å². The van der Waals surface area contributed by atoms with Crippen molar-refractivity contribution in [3.63, 3.8) is 0 Å². The topological polar surface area (TPSA) is 55.4 Å². The molecular formula is C8H10ClNO3S2. The third-order valence-electron chi connectivity index (χ3n) is 2.08. The summed E-state index contributed by atoms with van der Waals surface area (Å²) in [6.07, 6.45) is 0. The van der Waals surface area contributed by atoms with Crippen LogP contribution in [0.4, 0.5) is 0 Å². The van der Waals surface area contributed by atoms with Gasteiger partial charge in [0.05, 0.1) is 24.6 Å². The molecule has 15 heavy (non-hydrogen) atoms. The minimum Gasteiger partial charge on any atom is -0.378 e. The zero-order valence-corrected chi connectivity index (χ0v) is 10.1. The van der Waals surface area contributed by atoms with E-state index in [-0.39, 0.29) is 11.4 Å². The molecule has 1 aliphatic heterocycles. The minimum atomic E-state index is -3.43. The van der Waals surface area contributed by atoms with Gasteiger partial charge in [0.1, 0.15) is 4.21 Å². The van der Waals surface area contributed by atoms with E-state index in [0.29, 0.717) is 17.4 Å². The van der Waals surface area contributed by atoms with E-state index in [1.165, 1.54) is 11.3 Å². The van der Waals surface area contributed by atoms with Gasteiger partial charge in [-0.2, -0.15) is 0 Å². The van der Waals surface area contributed by atoms with Gasteiger partial charge in [0.2, 0.25) is 10.0 Å². The van der Waals surface area contributed by atoms with Crippen molar-refractivity contribution in [2.75, 3.05) is 13.2 Å². The maximum absolute atomic E-state index is 11.8. The molecule has 0 spiro atoms. The number of ether oxygens (including phenoxy) is 1. The fourth-order valence-corrected chi connectivity index (χ4v) is 3.88. The van der Waals surface area contributed by atoms with Crippen LogP contribution in [-0.4, -0.2) is 33.1 Å². The highest BCUT2D eigenvalue weighted by atomic mass is 35.5. The molecule has 84 valence electrons. The predicted octanol–water partition coefficient (Wildman–Crippen LogP) is 1.03. The van der Waals surface area contributed by atoms with Crippen LogP contribution >= 0.6 is 22.9 Å². The molecule has 0 bridgehead atoms. The Kier molecular flexibility index (Phi) is 3.32. The van der Waals surface area contributed by atoms with Crippen molar-refractivity contribution in [1.82, 2.24) is 4.72 Å². The van der Waals surface area contributed by atoms with Gasteiger partial charge in [-0.3, -0.25) is 0 Å². The van der Waals surface area contributed by atoms with Crippen LogP contribution in [0, 0.1) is 0 Å². The van der Waals surface area contributed by atoms with Crippen molar-refractivity contribution in [2.24, 2.45) is 0 Å². The van der Waals surface area contributed by atoms with Gasteiger partial charge >= 0.3 is 0 Å². The number of rotatable bonds is 3. The normalized spacial score (nSPS) is 27.0. The summed E-state index contributed by atoms with van der Waals surface area (Å²) < 4.78 is 31.5. The molecule has 0 saturated carbocycles. The van der Waals surface area contributed by atoms with Crippen LogP contribution in [0.15, 0.2) is 21.7 Å². The lowest BCUT2D eigenvalue weighted by molar-refractivity contribution is 0.193. The summed E-state index contributed by atoms with van der Waals surface area (Å²) in [7, 11) is -3.43. The quantitative estimate of drug-likeness (QED) is 0.833. The van der Waals surface area contributed by atoms with Crippen LogP contribution in [-0.2, 0) is 14.8 Å². The van der Waals surface area contributed by atoms with Gasteiger partial charge in [0.15, 0.2) is 0 Å². The van der Waals surface area contributed by atoms with Crippen molar-refractivity contribution in [2.45, 2.75) is 15.6 Å². The largest absolute Gasteiger partial charge is 0.378 e. The molecule has 2 atom stereocenters. The fourth-order valence-electron chi connectivity index (χ4n) is 1.31. The van der Waals surface area contributed by atoms with Crippen LogP contribution in [0.3, 0.4) is 0 Å². The Morgan fingerprint density at radius 3 is 2.87 bits per heavy atom. The fraction of sp³-hybridized carbons (Fsp3) is 0.500. The smallest absolute Gasteiger partial charge is 0.250 e. The van der Waals surface area contributed by atoms with Crippen molar-refractivity contribution in [1.29, 1.82) is 0 Å². The Morgan fingerprint density at radius 2 is 2.33 bits per heavy atom. The summed E-state index contributed by atoms with van der Waals surface area (Å²) in [6.45, 7) is 0.720. The first-order chi connectivity index (χ1) is 7.09. The molecule has 4 nitrogen and oxygen atoms in total. The van der Waals surface area contributed by atoms with Crippen molar-refractivity contribution < 1.29 is 13.2 Å². The molecule has 1 N–H and O–H groups in total. The molecule has 7 heteroatoms. The summed E-state index contributed by atoms with van der Waals surface area (Å²) in [5.41, 5.74) is 0. The summed E-state index contributed by atoms with van der Waals surface area (Å²) in [4.78, 5) is 0. The molecule has 2 unspecified atom stereocenters. The third kappa shape index (κ3) is 2.51. The molecule has 1 fully saturated rings. The maximum atomic E-state index is 11.8. The highest BCUT2D eigenvalue weighted by molar-refractivity contribution is 7.91. The molecule has 0 amide bonds. The van der Waals surface area contributed by atoms with Crippen molar-refractivity contribution >= 4 is 33.0 Å². The lowest BCUT2D eigenvalue weighted by atomic mass is 10.3. The molecule has 1 aliphatic rings. The Bertz CT molecular complexity index is 417. The molecule has 1 aromatic heterocycles. The van der Waals surface area contributed by atoms with Gasteiger partial charge in [-0.05, 0) is 11.4 Å². The molecule has 0 aromatic carbocycles. The first-order valence-corrected chi connectivity index (χ1v) is 7.17. The standard InChI is InChI=1S/C8H10ClNO3S2/c9-6-4-13-5-7(6)10-15(11,12)8-2-1-3-14-8/h1-3,6-7,10H,4-5H2. The Hall–Kier alpha value is -0.140. The number of hydrogen-bond acceptors (Lipinski definition) is 4. The lowest BCUT2D eigenvalue weighted by Gasteiger charge is -2.12. The average Bonchev–Trinajstić information content (AvgIpc) is 2.77. The summed E-state index contributed by atoms with van der Waals surface area (Å²) >= 11 is 7.08. The van der Waals surface area contributed by atoms with E-state index in [2.05, 4.69) is 4.72 Å². The first-order valence-electron chi connectivity index (χ1n) is 4.37. The SMILES string of the molecule is O=S(=O)(NC1COCC1Cl)c1cccs1. The average molecular weight is 268 g/mol. The van der Waals surface area contributed by atoms with E-state index in [1.807, 2.05) is 0 Å². The van der Waals surface area contributed by atoms with Gasteiger partial charge in [-0.15, -0.1) is 22.9 Å². The Morgan fingerprint density at radius 1 is 1.53 bits per heavy atom. The van der Waals surface area contributed by atoms with E-state index in [1.54, 1.807) is 17.5 Å². The van der Waals surface area contributed by atoms with Gasteiger partial charge in [0.25, 0.3) is 0 Å². The first kappa shape index (κ1) is 11.3. The maximum Gasteiger partial charge on any atom is 0.250 e. The van der Waals surface area contributed by atoms with Gasteiger partial charge in [-0.1, -0.05) is 6.07 Å². The van der Waals surface area contributed by atoms with Crippen molar-refractivity contribution in [3.8, 4) is 0 Å². The van der Waals surface area contributed by atoms with E-state index in [4.69, 9.17) is 16.3 Å². The molecular weight excluding hydrogens is 258 g/mol. The number of hydrogen-bond donors (Lipinski definition) is 1. The monoisotopic (exact) mass is 267 g/mol. The summed E-state index contributed by atoms with van der Waals surface area (Å²) in [5, 5.41) is 1.43. The van der Waals surface area contributed by atoms with E-state index in [9.17, 15) is 8.42 Å². The number of alkyl halides is 1. The number of halogens is 1. The molecule has 0 radical (unpaired) electrons. The highest BCUT2D eigenvalue weighted by Gasteiger charge is 2.31. The number of thiophene rings is 1. The van der Waals surface area contributed by atoms with Crippen LogP contribution in [0.25, 0.3) is 0 Å². The molecule has 1 saturated heterocycles. The van der Waals surface area contributed by atoms with Crippen LogP contribution in [0.5, 0.6) is 0 Å². The number of nitrogens with one attached hydrogen (secondary N) is 1. The Balaban J connectivity index is 2.11. The zero-order chi connectivity index (χ0) is 10.9. The van der Waals surface area contributed by atoms with E-state index >= 15 is 0 Å². The lowest BCUT2D eigenvalue weighted by Crippen LogP contribution is -2.40. The Labute approximate surface area is 97.3 Å². The molecule has 2 heterocycles. The van der Waals surface area contributed by atoms with Gasteiger partial charge in [0, 0.05) is 0 Å². The van der Waals surface area contributed by atoms with Crippen LogP contribution < -0.4 is 4.72 Å². The molecule has 1 aromatic rings. The molecule has 2 rings (SSSR count). The summed E-state index contributed by atoms with van der Waals surface area (Å²) in [5.74, 6) is 0. The second kappa shape index (κ2) is 4.39. The predicted molar refractivity (Wildman–Crippen MR) is 58.9 cm³/mol. The van der Waals surface area contributed by atoms with Gasteiger partial charge < -0.3 is 4.74 Å². The van der Waals surface area contributed by atoms with E-state index in [0.717, 1.165) is 0 Å². The summed E-state index contributed by atoms with van der Waals surface area (Å²) in [6, 6.07) is 2.92. The number of sulfonamides is 1. The second-order valence-electron chi connectivity index (χ2n) is 3.21. The molecule has 0 aliphatic carbocycles. The van der Waals surface area contributed by atoms with Crippen LogP contribution in [0.1, 0.15) is 0 Å². The second-order valence-corrected chi connectivity index (χ2v) is 6.66. The van der Waals surface area contributed by atoms with Crippen LogP contribution in [0.2, 0.25) is 0 Å². The van der Waals surface area contributed by atoms with Crippen molar-refractivity contribution in [3.05, 3.63) is 17.5 Å². The minimum absolute atomic E-state index is 0.292. The third-order valence-corrected chi connectivity index (χ3v) is 5.40.